The van der Waals surface area contributed by atoms with Crippen LogP contribution in [0.2, 0.25) is 0 Å². The van der Waals surface area contributed by atoms with Gasteiger partial charge in [-0.3, -0.25) is 4.79 Å². The Balaban J connectivity index is 1.80. The summed E-state index contributed by atoms with van der Waals surface area (Å²) in [5.41, 5.74) is 0. The molecule has 2 nitrogen and oxygen atoms in total. The topological polar surface area (TPSA) is 20.3 Å². The number of Topliss-reactive ketones (excluding diaryl/α,β-unsaturated/α-hetero) is 1. The normalized spacial score (nSPS) is 34.3. The van der Waals surface area contributed by atoms with Crippen molar-refractivity contribution in [3.63, 3.8) is 0 Å². The van der Waals surface area contributed by atoms with Gasteiger partial charge < -0.3 is 4.90 Å². The number of ketones is 1. The van der Waals surface area contributed by atoms with Crippen molar-refractivity contribution in [1.29, 1.82) is 0 Å². The van der Waals surface area contributed by atoms with Gasteiger partial charge in [0.1, 0.15) is 0 Å². The van der Waals surface area contributed by atoms with Crippen LogP contribution in [0.1, 0.15) is 22.5 Å². The summed E-state index contributed by atoms with van der Waals surface area (Å²) in [6, 6.07) is 3.93. The van der Waals surface area contributed by atoms with Crippen molar-refractivity contribution in [2.45, 2.75) is 12.8 Å². The first-order chi connectivity index (χ1) is 7.34. The van der Waals surface area contributed by atoms with E-state index in [9.17, 15) is 4.79 Å². The van der Waals surface area contributed by atoms with Crippen molar-refractivity contribution in [2.24, 2.45) is 11.8 Å². The molecule has 3 heteroatoms. The molecule has 3 fully saturated rings. The Bertz CT molecular complexity index is 352. The Morgan fingerprint density at radius 3 is 2.73 bits per heavy atom. The first kappa shape index (κ1) is 9.55. The maximum atomic E-state index is 12.2. The summed E-state index contributed by atoms with van der Waals surface area (Å²) in [7, 11) is 0. The first-order valence-corrected chi connectivity index (χ1v) is 6.52. The molecule has 1 atom stereocenters. The number of nitrogens with zero attached hydrogens (tertiary/aromatic N) is 1. The van der Waals surface area contributed by atoms with E-state index in [1.54, 1.807) is 11.3 Å². The SMILES string of the molecule is O=C(c1cccs1)[C@@H]1CN2CCC1CC2. The third-order valence-electron chi connectivity index (χ3n) is 3.76. The van der Waals surface area contributed by atoms with Crippen LogP contribution in [0, 0.1) is 11.8 Å². The summed E-state index contributed by atoms with van der Waals surface area (Å²) in [6.45, 7) is 3.42. The van der Waals surface area contributed by atoms with Gasteiger partial charge in [-0.1, -0.05) is 6.07 Å². The molecule has 0 N–H and O–H groups in total. The smallest absolute Gasteiger partial charge is 0.177 e. The molecule has 0 unspecified atom stereocenters. The first-order valence-electron chi connectivity index (χ1n) is 5.64. The molecule has 0 radical (unpaired) electrons. The van der Waals surface area contributed by atoms with E-state index < -0.39 is 0 Å². The van der Waals surface area contributed by atoms with Gasteiger partial charge in [0.25, 0.3) is 0 Å². The minimum atomic E-state index is 0.283. The van der Waals surface area contributed by atoms with E-state index >= 15 is 0 Å². The van der Waals surface area contributed by atoms with Gasteiger partial charge in [-0.05, 0) is 43.3 Å². The zero-order valence-electron chi connectivity index (χ0n) is 8.69. The predicted octanol–water partition coefficient (Wildman–Crippen LogP) is 2.27. The highest BCUT2D eigenvalue weighted by Crippen LogP contribution is 2.34. The third kappa shape index (κ3) is 1.64. The van der Waals surface area contributed by atoms with Crippen LogP contribution in [0.5, 0.6) is 0 Å². The molecule has 4 heterocycles. The van der Waals surface area contributed by atoms with E-state index in [-0.39, 0.29) is 5.92 Å². The number of piperidine rings is 3. The molecular formula is C12H15NOS. The van der Waals surface area contributed by atoms with Crippen LogP contribution in [0.25, 0.3) is 0 Å². The van der Waals surface area contributed by atoms with Crippen molar-refractivity contribution < 1.29 is 4.79 Å². The summed E-state index contributed by atoms with van der Waals surface area (Å²) in [6.07, 6.45) is 2.45. The average Bonchev–Trinajstić information content (AvgIpc) is 2.83. The molecule has 3 saturated heterocycles. The Hall–Kier alpha value is -0.670. The van der Waals surface area contributed by atoms with Crippen LogP contribution in [-0.2, 0) is 0 Å². The largest absolute Gasteiger partial charge is 0.303 e. The number of hydrogen-bond donors (Lipinski definition) is 0. The highest BCUT2D eigenvalue weighted by atomic mass is 32.1. The summed E-state index contributed by atoms with van der Waals surface area (Å²) >= 11 is 1.58. The van der Waals surface area contributed by atoms with Gasteiger partial charge in [-0.15, -0.1) is 11.3 Å². The van der Waals surface area contributed by atoms with Gasteiger partial charge in [0, 0.05) is 12.5 Å². The fourth-order valence-electron chi connectivity index (χ4n) is 2.86. The third-order valence-corrected chi connectivity index (χ3v) is 4.64. The molecule has 3 aliphatic heterocycles. The zero-order chi connectivity index (χ0) is 10.3. The van der Waals surface area contributed by atoms with Crippen molar-refractivity contribution in [2.75, 3.05) is 19.6 Å². The van der Waals surface area contributed by atoms with Crippen LogP contribution < -0.4 is 0 Å². The molecule has 0 saturated carbocycles. The Labute approximate surface area is 93.9 Å². The van der Waals surface area contributed by atoms with E-state index in [1.165, 1.54) is 25.9 Å². The molecular weight excluding hydrogens is 206 g/mol. The molecule has 80 valence electrons. The van der Waals surface area contributed by atoms with E-state index in [0.717, 1.165) is 11.4 Å². The lowest BCUT2D eigenvalue weighted by molar-refractivity contribution is 0.0422. The Morgan fingerprint density at radius 1 is 1.40 bits per heavy atom. The fourth-order valence-corrected chi connectivity index (χ4v) is 3.59. The van der Waals surface area contributed by atoms with Crippen molar-refractivity contribution >= 4 is 17.1 Å². The van der Waals surface area contributed by atoms with Gasteiger partial charge in [0.2, 0.25) is 0 Å². The molecule has 1 aromatic rings. The second-order valence-corrected chi connectivity index (χ2v) is 5.53. The van der Waals surface area contributed by atoms with Gasteiger partial charge in [-0.2, -0.15) is 0 Å². The maximum Gasteiger partial charge on any atom is 0.177 e. The van der Waals surface area contributed by atoms with Crippen LogP contribution in [0.15, 0.2) is 17.5 Å². The number of rotatable bonds is 2. The maximum absolute atomic E-state index is 12.2. The zero-order valence-corrected chi connectivity index (χ0v) is 9.50. The standard InChI is InChI=1S/C12H15NOS/c14-12(11-2-1-7-15-11)10-8-13-5-3-9(10)4-6-13/h1-2,7,9-10H,3-6,8H2/t10-/m1/s1. The molecule has 2 bridgehead atoms. The quantitative estimate of drug-likeness (QED) is 0.714. The summed E-state index contributed by atoms with van der Waals surface area (Å²) in [4.78, 5) is 15.6. The monoisotopic (exact) mass is 221 g/mol. The highest BCUT2D eigenvalue weighted by molar-refractivity contribution is 7.12. The fraction of sp³-hybridized carbons (Fsp3) is 0.583. The van der Waals surface area contributed by atoms with Crippen molar-refractivity contribution in [1.82, 2.24) is 4.90 Å². The number of carbonyl (C=O) groups excluding carboxylic acids is 1. The van der Waals surface area contributed by atoms with Gasteiger partial charge >= 0.3 is 0 Å². The molecule has 0 amide bonds. The minimum Gasteiger partial charge on any atom is -0.303 e. The van der Waals surface area contributed by atoms with Gasteiger partial charge in [0.15, 0.2) is 5.78 Å². The number of thiophene rings is 1. The van der Waals surface area contributed by atoms with Crippen LogP contribution >= 0.6 is 11.3 Å². The van der Waals surface area contributed by atoms with E-state index in [4.69, 9.17) is 0 Å². The van der Waals surface area contributed by atoms with Crippen molar-refractivity contribution in [3.8, 4) is 0 Å². The van der Waals surface area contributed by atoms with Gasteiger partial charge in [0.05, 0.1) is 4.88 Å². The second kappa shape index (κ2) is 3.72. The number of carbonyl (C=O) groups is 1. The Kier molecular flexibility index (Phi) is 2.37. The van der Waals surface area contributed by atoms with Crippen LogP contribution in [-0.4, -0.2) is 30.3 Å². The second-order valence-electron chi connectivity index (χ2n) is 4.59. The highest BCUT2D eigenvalue weighted by Gasteiger charge is 2.38. The molecule has 0 spiro atoms. The van der Waals surface area contributed by atoms with E-state index in [2.05, 4.69) is 4.90 Å². The van der Waals surface area contributed by atoms with Crippen molar-refractivity contribution in [3.05, 3.63) is 22.4 Å². The lowest BCUT2D eigenvalue weighted by Crippen LogP contribution is -2.49. The molecule has 1 aromatic heterocycles. The predicted molar refractivity (Wildman–Crippen MR) is 61.3 cm³/mol. The molecule has 0 aromatic carbocycles. The van der Waals surface area contributed by atoms with Crippen LogP contribution in [0.3, 0.4) is 0 Å². The summed E-state index contributed by atoms with van der Waals surface area (Å²) in [5.74, 6) is 1.33. The summed E-state index contributed by atoms with van der Waals surface area (Å²) in [5, 5.41) is 1.99. The molecule has 15 heavy (non-hydrogen) atoms. The molecule has 0 aliphatic carbocycles. The number of fused-ring (bicyclic) bond motifs is 3. The number of hydrogen-bond acceptors (Lipinski definition) is 3. The lowest BCUT2D eigenvalue weighted by atomic mass is 9.76. The summed E-state index contributed by atoms with van der Waals surface area (Å²) < 4.78 is 0. The van der Waals surface area contributed by atoms with Crippen LogP contribution in [0.4, 0.5) is 0 Å². The minimum absolute atomic E-state index is 0.283. The van der Waals surface area contributed by atoms with E-state index in [0.29, 0.717) is 11.7 Å². The Morgan fingerprint density at radius 2 is 2.20 bits per heavy atom. The molecule has 3 aliphatic rings. The molecule has 4 rings (SSSR count). The van der Waals surface area contributed by atoms with Gasteiger partial charge in [-0.25, -0.2) is 0 Å². The van der Waals surface area contributed by atoms with E-state index in [1.807, 2.05) is 17.5 Å². The lowest BCUT2D eigenvalue weighted by Gasteiger charge is -2.43. The average molecular weight is 221 g/mol.